The second-order valence-corrected chi connectivity index (χ2v) is 5.02. The normalized spacial score (nSPS) is 10.3. The van der Waals surface area contributed by atoms with E-state index in [2.05, 4.69) is 66.2 Å². The van der Waals surface area contributed by atoms with Crippen LogP contribution in [0.2, 0.25) is 0 Å². The number of hydrogen-bond donors (Lipinski definition) is 0. The Morgan fingerprint density at radius 1 is 0.905 bits per heavy atom. The number of pyridine rings is 1. The highest BCUT2D eigenvalue weighted by atomic mass is 14.6. The average Bonchev–Trinajstić information content (AvgIpc) is 2.56. The van der Waals surface area contributed by atoms with Crippen LogP contribution in [0.5, 0.6) is 0 Å². The quantitative estimate of drug-likeness (QED) is 0.652. The smallest absolute Gasteiger partial charge is 0.0349 e. The molecule has 0 radical (unpaired) electrons. The Balaban J connectivity index is 1.97. The molecule has 0 spiro atoms. The Kier molecular flexibility index (Phi) is 3.92. The zero-order chi connectivity index (χ0) is 14.5. The number of benzene rings is 2. The van der Waals surface area contributed by atoms with E-state index < -0.39 is 0 Å². The fraction of sp³-hybridized carbons (Fsp3) is 0.0500. The van der Waals surface area contributed by atoms with Crippen molar-refractivity contribution in [3.05, 3.63) is 96.3 Å². The highest BCUT2D eigenvalue weighted by Gasteiger charge is 2.06. The summed E-state index contributed by atoms with van der Waals surface area (Å²) in [4.78, 5) is 4.29. The van der Waals surface area contributed by atoms with E-state index in [1.54, 1.807) is 0 Å². The molecule has 0 atom stereocenters. The minimum atomic E-state index is 0.919. The summed E-state index contributed by atoms with van der Waals surface area (Å²) < 4.78 is 0. The van der Waals surface area contributed by atoms with Gasteiger partial charge in [-0.2, -0.15) is 0 Å². The highest BCUT2D eigenvalue weighted by Crippen LogP contribution is 2.25. The van der Waals surface area contributed by atoms with Gasteiger partial charge in [0.15, 0.2) is 0 Å². The van der Waals surface area contributed by atoms with Crippen molar-refractivity contribution in [1.29, 1.82) is 0 Å². The number of rotatable bonds is 4. The molecule has 1 heterocycles. The second-order valence-electron chi connectivity index (χ2n) is 5.02. The van der Waals surface area contributed by atoms with Gasteiger partial charge in [0, 0.05) is 18.0 Å². The zero-order valence-electron chi connectivity index (χ0n) is 11.9. The van der Waals surface area contributed by atoms with Crippen molar-refractivity contribution in [3.63, 3.8) is 0 Å². The van der Waals surface area contributed by atoms with E-state index in [4.69, 9.17) is 0 Å². The predicted molar refractivity (Wildman–Crippen MR) is 89.0 cm³/mol. The molecule has 1 aromatic heterocycles. The molecule has 0 N–H and O–H groups in total. The minimum absolute atomic E-state index is 0.919. The Hall–Kier alpha value is -2.67. The van der Waals surface area contributed by atoms with Crippen LogP contribution >= 0.6 is 0 Å². The lowest BCUT2D eigenvalue weighted by molar-refractivity contribution is 1.16. The molecule has 3 rings (SSSR count). The monoisotopic (exact) mass is 271 g/mol. The Morgan fingerprint density at radius 3 is 2.38 bits per heavy atom. The van der Waals surface area contributed by atoms with Gasteiger partial charge in [0.25, 0.3) is 0 Å². The van der Waals surface area contributed by atoms with Gasteiger partial charge in [-0.1, -0.05) is 67.3 Å². The fourth-order valence-electron chi connectivity index (χ4n) is 2.45. The summed E-state index contributed by atoms with van der Waals surface area (Å²) in [5, 5.41) is 0. The van der Waals surface area contributed by atoms with Crippen LogP contribution in [0.1, 0.15) is 16.7 Å². The lowest BCUT2D eigenvalue weighted by Crippen LogP contribution is -1.93. The third-order valence-electron chi connectivity index (χ3n) is 3.61. The molecule has 1 nitrogen and oxygen atoms in total. The lowest BCUT2D eigenvalue weighted by atomic mass is 9.96. The van der Waals surface area contributed by atoms with E-state index in [1.165, 1.54) is 22.3 Å². The number of hydrogen-bond acceptors (Lipinski definition) is 1. The molecule has 21 heavy (non-hydrogen) atoms. The molecule has 0 aliphatic rings. The molecule has 0 saturated heterocycles. The van der Waals surface area contributed by atoms with E-state index in [1.807, 2.05) is 24.5 Å². The molecule has 0 amide bonds. The SMILES string of the molecule is C=Cc1ccc(-c2cnccc2Cc2ccccc2)cc1. The van der Waals surface area contributed by atoms with Crippen LogP contribution in [0.15, 0.2) is 79.6 Å². The van der Waals surface area contributed by atoms with Gasteiger partial charge in [0.05, 0.1) is 0 Å². The van der Waals surface area contributed by atoms with Crippen LogP contribution < -0.4 is 0 Å². The molecular formula is C20H17N. The topological polar surface area (TPSA) is 12.9 Å². The summed E-state index contributed by atoms with van der Waals surface area (Å²) in [5.74, 6) is 0. The van der Waals surface area contributed by atoms with Crippen LogP contribution in [-0.4, -0.2) is 4.98 Å². The first kappa shape index (κ1) is 13.3. The first-order valence-electron chi connectivity index (χ1n) is 7.06. The van der Waals surface area contributed by atoms with Gasteiger partial charge in [-0.15, -0.1) is 0 Å². The summed E-state index contributed by atoms with van der Waals surface area (Å²) >= 11 is 0. The van der Waals surface area contributed by atoms with Gasteiger partial charge >= 0.3 is 0 Å². The van der Waals surface area contributed by atoms with Crippen molar-refractivity contribution in [2.24, 2.45) is 0 Å². The van der Waals surface area contributed by atoms with Crippen molar-refractivity contribution in [2.45, 2.75) is 6.42 Å². The van der Waals surface area contributed by atoms with Gasteiger partial charge in [0.1, 0.15) is 0 Å². The van der Waals surface area contributed by atoms with Crippen LogP contribution in [0.25, 0.3) is 17.2 Å². The summed E-state index contributed by atoms with van der Waals surface area (Å²) in [6, 6.07) is 21.0. The van der Waals surface area contributed by atoms with Crippen molar-refractivity contribution < 1.29 is 0 Å². The van der Waals surface area contributed by atoms with E-state index in [9.17, 15) is 0 Å². The first-order chi connectivity index (χ1) is 10.4. The summed E-state index contributed by atoms with van der Waals surface area (Å²) in [6.07, 6.45) is 6.58. The Labute approximate surface area is 125 Å². The molecule has 3 aromatic rings. The number of aromatic nitrogens is 1. The molecule has 0 unspecified atom stereocenters. The molecule has 0 saturated carbocycles. The average molecular weight is 271 g/mol. The molecule has 0 fully saturated rings. The van der Waals surface area contributed by atoms with Crippen molar-refractivity contribution in [3.8, 4) is 11.1 Å². The molecule has 0 aliphatic carbocycles. The summed E-state index contributed by atoms with van der Waals surface area (Å²) in [6.45, 7) is 3.79. The van der Waals surface area contributed by atoms with Crippen LogP contribution in [-0.2, 0) is 6.42 Å². The third-order valence-corrected chi connectivity index (χ3v) is 3.61. The van der Waals surface area contributed by atoms with Crippen LogP contribution in [0, 0.1) is 0 Å². The molecule has 0 aliphatic heterocycles. The Morgan fingerprint density at radius 2 is 1.67 bits per heavy atom. The van der Waals surface area contributed by atoms with Crippen LogP contribution in [0.3, 0.4) is 0 Å². The molecular weight excluding hydrogens is 254 g/mol. The van der Waals surface area contributed by atoms with E-state index >= 15 is 0 Å². The van der Waals surface area contributed by atoms with Gasteiger partial charge in [-0.3, -0.25) is 4.98 Å². The van der Waals surface area contributed by atoms with Gasteiger partial charge in [0.2, 0.25) is 0 Å². The number of nitrogens with zero attached hydrogens (tertiary/aromatic N) is 1. The minimum Gasteiger partial charge on any atom is -0.264 e. The summed E-state index contributed by atoms with van der Waals surface area (Å²) in [7, 11) is 0. The lowest BCUT2D eigenvalue weighted by Gasteiger charge is -2.09. The largest absolute Gasteiger partial charge is 0.264 e. The maximum absolute atomic E-state index is 4.29. The first-order valence-corrected chi connectivity index (χ1v) is 7.06. The van der Waals surface area contributed by atoms with Crippen molar-refractivity contribution in [2.75, 3.05) is 0 Å². The maximum Gasteiger partial charge on any atom is 0.0349 e. The molecule has 0 bridgehead atoms. The van der Waals surface area contributed by atoms with Crippen molar-refractivity contribution in [1.82, 2.24) is 4.98 Å². The van der Waals surface area contributed by atoms with E-state index in [0.717, 1.165) is 12.0 Å². The van der Waals surface area contributed by atoms with E-state index in [-0.39, 0.29) is 0 Å². The highest BCUT2D eigenvalue weighted by molar-refractivity contribution is 5.68. The molecule has 1 heteroatoms. The van der Waals surface area contributed by atoms with Gasteiger partial charge < -0.3 is 0 Å². The fourth-order valence-corrected chi connectivity index (χ4v) is 2.45. The standard InChI is InChI=1S/C20H17N/c1-2-16-8-10-18(11-9-16)20-15-21-13-12-19(20)14-17-6-4-3-5-7-17/h2-13,15H,1,14H2. The van der Waals surface area contributed by atoms with Gasteiger partial charge in [-0.05, 0) is 34.7 Å². The molecule has 2 aromatic carbocycles. The van der Waals surface area contributed by atoms with Crippen molar-refractivity contribution >= 4 is 6.08 Å². The summed E-state index contributed by atoms with van der Waals surface area (Å²) in [5.41, 5.74) is 6.12. The second kappa shape index (κ2) is 6.19. The zero-order valence-corrected chi connectivity index (χ0v) is 11.9. The maximum atomic E-state index is 4.29. The Bertz CT molecular complexity index is 727. The van der Waals surface area contributed by atoms with Gasteiger partial charge in [-0.25, -0.2) is 0 Å². The van der Waals surface area contributed by atoms with E-state index in [0.29, 0.717) is 0 Å². The third kappa shape index (κ3) is 3.09. The van der Waals surface area contributed by atoms with Crippen LogP contribution in [0.4, 0.5) is 0 Å². The predicted octanol–water partition coefficient (Wildman–Crippen LogP) is 4.98. The molecule has 102 valence electrons.